The predicted molar refractivity (Wildman–Crippen MR) is 128 cm³/mol. The molecule has 0 bridgehead atoms. The summed E-state index contributed by atoms with van der Waals surface area (Å²) in [6.45, 7) is 8.19. The molecule has 1 saturated heterocycles. The van der Waals surface area contributed by atoms with E-state index in [0.717, 1.165) is 11.4 Å². The SMILES string of the molecule is COc1ccccc1N1CCN(S(=O)(=O)c2ccc(O[C@H](C)C(=O)NCC(C)C)cc2)CC1. The van der Waals surface area contributed by atoms with Crippen molar-refractivity contribution in [1.29, 1.82) is 0 Å². The molecule has 8 nitrogen and oxygen atoms in total. The molecule has 180 valence electrons. The molecule has 3 rings (SSSR count). The average Bonchev–Trinajstić information content (AvgIpc) is 2.82. The van der Waals surface area contributed by atoms with E-state index < -0.39 is 16.1 Å². The molecule has 2 aromatic carbocycles. The number of nitrogens with one attached hydrogen (secondary N) is 1. The van der Waals surface area contributed by atoms with Gasteiger partial charge < -0.3 is 19.7 Å². The van der Waals surface area contributed by atoms with Gasteiger partial charge in [-0.3, -0.25) is 4.79 Å². The van der Waals surface area contributed by atoms with Gasteiger partial charge in [0, 0.05) is 32.7 Å². The van der Waals surface area contributed by atoms with Gasteiger partial charge in [-0.25, -0.2) is 8.42 Å². The molecule has 1 fully saturated rings. The van der Waals surface area contributed by atoms with E-state index in [4.69, 9.17) is 9.47 Å². The van der Waals surface area contributed by atoms with Gasteiger partial charge in [0.25, 0.3) is 5.91 Å². The fourth-order valence-corrected chi connectivity index (χ4v) is 5.03. The zero-order valence-electron chi connectivity index (χ0n) is 19.7. The van der Waals surface area contributed by atoms with Crippen molar-refractivity contribution in [3.8, 4) is 11.5 Å². The zero-order chi connectivity index (χ0) is 24.0. The Labute approximate surface area is 196 Å². The number of amides is 1. The predicted octanol–water partition coefficient (Wildman–Crippen LogP) is 2.75. The van der Waals surface area contributed by atoms with Crippen molar-refractivity contribution < 1.29 is 22.7 Å². The molecule has 0 radical (unpaired) electrons. The number of sulfonamides is 1. The molecule has 0 aromatic heterocycles. The molecule has 1 N–H and O–H groups in total. The number of ether oxygens (including phenoxy) is 2. The van der Waals surface area contributed by atoms with Crippen molar-refractivity contribution in [3.63, 3.8) is 0 Å². The number of benzene rings is 2. The maximum Gasteiger partial charge on any atom is 0.260 e. The van der Waals surface area contributed by atoms with Crippen molar-refractivity contribution in [1.82, 2.24) is 9.62 Å². The van der Waals surface area contributed by atoms with E-state index in [9.17, 15) is 13.2 Å². The second-order valence-corrected chi connectivity index (χ2v) is 10.4. The summed E-state index contributed by atoms with van der Waals surface area (Å²) in [6, 6.07) is 14.0. The normalized spacial score (nSPS) is 15.8. The molecule has 1 aliphatic rings. The molecule has 0 unspecified atom stereocenters. The molecule has 33 heavy (non-hydrogen) atoms. The van der Waals surface area contributed by atoms with E-state index in [0.29, 0.717) is 44.4 Å². The first kappa shape index (κ1) is 24.9. The maximum atomic E-state index is 13.1. The Morgan fingerprint density at radius 2 is 1.64 bits per heavy atom. The zero-order valence-corrected chi connectivity index (χ0v) is 20.5. The minimum atomic E-state index is -3.62. The highest BCUT2D eigenvalue weighted by Gasteiger charge is 2.29. The fourth-order valence-electron chi connectivity index (χ4n) is 3.61. The summed E-state index contributed by atoms with van der Waals surface area (Å²) in [5, 5.41) is 2.82. The third kappa shape index (κ3) is 6.17. The Kier molecular flexibility index (Phi) is 8.20. The van der Waals surface area contributed by atoms with Gasteiger partial charge in [-0.1, -0.05) is 26.0 Å². The van der Waals surface area contributed by atoms with Crippen LogP contribution in [-0.2, 0) is 14.8 Å². The lowest BCUT2D eigenvalue weighted by Crippen LogP contribution is -2.48. The van der Waals surface area contributed by atoms with Crippen LogP contribution in [0.25, 0.3) is 0 Å². The minimum absolute atomic E-state index is 0.201. The minimum Gasteiger partial charge on any atom is -0.495 e. The lowest BCUT2D eigenvalue weighted by molar-refractivity contribution is -0.127. The molecule has 1 atom stereocenters. The first-order chi connectivity index (χ1) is 15.7. The van der Waals surface area contributed by atoms with Crippen molar-refractivity contribution in [3.05, 3.63) is 48.5 Å². The summed E-state index contributed by atoms with van der Waals surface area (Å²) in [4.78, 5) is 14.4. The number of anilines is 1. The van der Waals surface area contributed by atoms with E-state index in [1.54, 1.807) is 26.2 Å². The molecule has 0 spiro atoms. The Morgan fingerprint density at radius 1 is 1.00 bits per heavy atom. The lowest BCUT2D eigenvalue weighted by atomic mass is 10.2. The van der Waals surface area contributed by atoms with Crippen LogP contribution in [0.5, 0.6) is 11.5 Å². The summed E-state index contributed by atoms with van der Waals surface area (Å²) in [7, 11) is -1.99. The number of piperazine rings is 1. The second-order valence-electron chi connectivity index (χ2n) is 8.43. The molecule has 9 heteroatoms. The first-order valence-electron chi connectivity index (χ1n) is 11.1. The highest BCUT2D eigenvalue weighted by molar-refractivity contribution is 7.89. The van der Waals surface area contributed by atoms with Gasteiger partial charge in [0.15, 0.2) is 6.10 Å². The Morgan fingerprint density at radius 3 is 2.24 bits per heavy atom. The fraction of sp³-hybridized carbons (Fsp3) is 0.458. The molecule has 1 heterocycles. The van der Waals surface area contributed by atoms with Gasteiger partial charge in [0.2, 0.25) is 10.0 Å². The van der Waals surface area contributed by atoms with Crippen molar-refractivity contribution in [2.45, 2.75) is 31.8 Å². The lowest BCUT2D eigenvalue weighted by Gasteiger charge is -2.35. The van der Waals surface area contributed by atoms with Crippen LogP contribution < -0.4 is 19.7 Å². The maximum absolute atomic E-state index is 13.1. The summed E-state index contributed by atoms with van der Waals surface area (Å²) < 4.78 is 38.8. The van der Waals surface area contributed by atoms with E-state index in [1.165, 1.54) is 16.4 Å². The number of carbonyl (C=O) groups is 1. The molecule has 1 aliphatic heterocycles. The summed E-state index contributed by atoms with van der Waals surface area (Å²) in [5.74, 6) is 1.37. The van der Waals surface area contributed by atoms with Gasteiger partial charge in [0.05, 0.1) is 17.7 Å². The number of hydrogen-bond donors (Lipinski definition) is 1. The number of hydrogen-bond acceptors (Lipinski definition) is 6. The van der Waals surface area contributed by atoms with Crippen LogP contribution in [0.3, 0.4) is 0 Å². The number of rotatable bonds is 9. The summed E-state index contributed by atoms with van der Waals surface area (Å²) in [5.41, 5.74) is 0.963. The number of methoxy groups -OCH3 is 1. The summed E-state index contributed by atoms with van der Waals surface area (Å²) in [6.07, 6.45) is -0.672. The van der Waals surface area contributed by atoms with Gasteiger partial charge in [-0.15, -0.1) is 0 Å². The van der Waals surface area contributed by atoms with Crippen LogP contribution >= 0.6 is 0 Å². The first-order valence-corrected chi connectivity index (χ1v) is 12.6. The van der Waals surface area contributed by atoms with Crippen molar-refractivity contribution in [2.75, 3.05) is 44.7 Å². The van der Waals surface area contributed by atoms with E-state index >= 15 is 0 Å². The number of nitrogens with zero attached hydrogens (tertiary/aromatic N) is 2. The van der Waals surface area contributed by atoms with Crippen LogP contribution in [0, 0.1) is 5.92 Å². The van der Waals surface area contributed by atoms with Crippen molar-refractivity contribution in [2.24, 2.45) is 5.92 Å². The van der Waals surface area contributed by atoms with Gasteiger partial charge >= 0.3 is 0 Å². The molecule has 1 amide bonds. The van der Waals surface area contributed by atoms with E-state index in [-0.39, 0.29) is 10.8 Å². The topological polar surface area (TPSA) is 88.2 Å². The third-order valence-corrected chi connectivity index (χ3v) is 7.41. The smallest absolute Gasteiger partial charge is 0.260 e. The molecular formula is C24H33N3O5S. The molecular weight excluding hydrogens is 442 g/mol. The van der Waals surface area contributed by atoms with E-state index in [1.807, 2.05) is 38.1 Å². The van der Waals surface area contributed by atoms with Crippen LogP contribution in [0.4, 0.5) is 5.69 Å². The number of para-hydroxylation sites is 2. The quantitative estimate of drug-likeness (QED) is 0.600. The largest absolute Gasteiger partial charge is 0.495 e. The highest BCUT2D eigenvalue weighted by atomic mass is 32.2. The standard InChI is InChI=1S/C24H33N3O5S/c1-18(2)17-25-24(28)19(3)32-20-9-11-21(12-10-20)33(29,30)27-15-13-26(14-16-27)22-7-5-6-8-23(22)31-4/h5-12,18-19H,13-17H2,1-4H3,(H,25,28)/t19-/m1/s1. The Hall–Kier alpha value is -2.78. The molecule has 0 aliphatic carbocycles. The monoisotopic (exact) mass is 475 g/mol. The van der Waals surface area contributed by atoms with Gasteiger partial charge in [-0.05, 0) is 49.2 Å². The van der Waals surface area contributed by atoms with Crippen LogP contribution in [-0.4, -0.2) is 64.6 Å². The summed E-state index contributed by atoms with van der Waals surface area (Å²) >= 11 is 0. The highest BCUT2D eigenvalue weighted by Crippen LogP contribution is 2.29. The second kappa shape index (κ2) is 10.9. The number of carbonyl (C=O) groups excluding carboxylic acids is 1. The Bertz CT molecular complexity index is 1030. The van der Waals surface area contributed by atoms with Crippen LogP contribution in [0.15, 0.2) is 53.4 Å². The van der Waals surface area contributed by atoms with E-state index in [2.05, 4.69) is 10.2 Å². The molecule has 2 aromatic rings. The van der Waals surface area contributed by atoms with Gasteiger partial charge in [-0.2, -0.15) is 4.31 Å². The van der Waals surface area contributed by atoms with Crippen LogP contribution in [0.2, 0.25) is 0 Å². The van der Waals surface area contributed by atoms with Gasteiger partial charge in [0.1, 0.15) is 11.5 Å². The van der Waals surface area contributed by atoms with Crippen LogP contribution in [0.1, 0.15) is 20.8 Å². The van der Waals surface area contributed by atoms with Crippen molar-refractivity contribution >= 4 is 21.6 Å². The Balaban J connectivity index is 1.60. The average molecular weight is 476 g/mol. The molecule has 0 saturated carbocycles. The third-order valence-electron chi connectivity index (χ3n) is 5.49.